The summed E-state index contributed by atoms with van der Waals surface area (Å²) < 4.78 is 1.77. The minimum absolute atomic E-state index is 0.0293. The van der Waals surface area contributed by atoms with E-state index in [1.165, 1.54) is 12.0 Å². The number of amides is 2. The molecule has 2 aliphatic rings. The molecular weight excluding hydrogens is 328 g/mol. The molecule has 2 aromatic rings. The molecule has 26 heavy (non-hydrogen) atoms. The number of para-hydroxylation sites is 1. The Hall–Kier alpha value is -2.63. The van der Waals surface area contributed by atoms with Crippen molar-refractivity contribution in [2.24, 2.45) is 0 Å². The van der Waals surface area contributed by atoms with Crippen LogP contribution in [0.4, 0.5) is 5.69 Å². The Morgan fingerprint density at radius 1 is 1.08 bits per heavy atom. The SMILES string of the molecule is O=C(CC(C(=O)N1CCc2ccccc21)n1ccnc1)N1CCCCC1. The third-order valence-electron chi connectivity index (χ3n) is 5.40. The molecule has 1 unspecified atom stereocenters. The maximum Gasteiger partial charge on any atom is 0.250 e. The quantitative estimate of drug-likeness (QED) is 0.849. The summed E-state index contributed by atoms with van der Waals surface area (Å²) in [7, 11) is 0. The number of carbonyl (C=O) groups excluding carboxylic acids is 2. The van der Waals surface area contributed by atoms with Crippen LogP contribution in [-0.2, 0) is 16.0 Å². The predicted molar refractivity (Wildman–Crippen MR) is 98.8 cm³/mol. The zero-order chi connectivity index (χ0) is 17.9. The third-order valence-corrected chi connectivity index (χ3v) is 5.40. The summed E-state index contributed by atoms with van der Waals surface area (Å²) in [5.41, 5.74) is 2.15. The molecule has 0 bridgehead atoms. The molecule has 2 amide bonds. The monoisotopic (exact) mass is 352 g/mol. The van der Waals surface area contributed by atoms with Crippen molar-refractivity contribution in [2.75, 3.05) is 24.5 Å². The number of imidazole rings is 1. The molecule has 4 rings (SSSR count). The molecular formula is C20H24N4O2. The average Bonchev–Trinajstić information content (AvgIpc) is 3.36. The van der Waals surface area contributed by atoms with E-state index in [9.17, 15) is 9.59 Å². The number of anilines is 1. The summed E-state index contributed by atoms with van der Waals surface area (Å²) >= 11 is 0. The van der Waals surface area contributed by atoms with Crippen molar-refractivity contribution in [1.29, 1.82) is 0 Å². The van der Waals surface area contributed by atoms with Crippen LogP contribution in [0.2, 0.25) is 0 Å². The van der Waals surface area contributed by atoms with Crippen molar-refractivity contribution in [3.63, 3.8) is 0 Å². The van der Waals surface area contributed by atoms with Crippen LogP contribution in [0.1, 0.15) is 37.3 Å². The maximum absolute atomic E-state index is 13.3. The number of nitrogens with zero attached hydrogens (tertiary/aromatic N) is 4. The first kappa shape index (κ1) is 16.8. The van der Waals surface area contributed by atoms with Crippen LogP contribution in [0.5, 0.6) is 0 Å². The number of benzene rings is 1. The Balaban J connectivity index is 1.56. The summed E-state index contributed by atoms with van der Waals surface area (Å²) in [5, 5.41) is 0. The highest BCUT2D eigenvalue weighted by atomic mass is 16.2. The Morgan fingerprint density at radius 2 is 1.88 bits per heavy atom. The molecule has 1 saturated heterocycles. The van der Waals surface area contributed by atoms with E-state index in [-0.39, 0.29) is 18.2 Å². The van der Waals surface area contributed by atoms with Gasteiger partial charge in [0.2, 0.25) is 5.91 Å². The number of rotatable bonds is 4. The molecule has 0 spiro atoms. The summed E-state index contributed by atoms with van der Waals surface area (Å²) in [6.07, 6.45) is 9.39. The van der Waals surface area contributed by atoms with Crippen LogP contribution >= 0.6 is 0 Å². The van der Waals surface area contributed by atoms with Gasteiger partial charge in [0.1, 0.15) is 6.04 Å². The molecule has 1 aromatic carbocycles. The van der Waals surface area contributed by atoms with Gasteiger partial charge in [0.05, 0.1) is 12.7 Å². The van der Waals surface area contributed by atoms with Gasteiger partial charge in [-0.05, 0) is 37.3 Å². The normalized spacial score (nSPS) is 17.8. The Morgan fingerprint density at radius 3 is 2.65 bits per heavy atom. The third kappa shape index (κ3) is 3.23. The van der Waals surface area contributed by atoms with Gasteiger partial charge in [-0.2, -0.15) is 0 Å². The topological polar surface area (TPSA) is 58.4 Å². The lowest BCUT2D eigenvalue weighted by Crippen LogP contribution is -2.41. The van der Waals surface area contributed by atoms with E-state index in [0.717, 1.165) is 38.0 Å². The minimum atomic E-state index is -0.543. The van der Waals surface area contributed by atoms with Crippen LogP contribution in [0.15, 0.2) is 43.0 Å². The summed E-state index contributed by atoms with van der Waals surface area (Å²) in [5.74, 6) is 0.0301. The molecule has 0 radical (unpaired) electrons. The smallest absolute Gasteiger partial charge is 0.250 e. The van der Waals surface area contributed by atoms with Gasteiger partial charge in [-0.3, -0.25) is 9.59 Å². The van der Waals surface area contributed by atoms with Crippen molar-refractivity contribution in [3.8, 4) is 0 Å². The van der Waals surface area contributed by atoms with Crippen molar-refractivity contribution >= 4 is 17.5 Å². The van der Waals surface area contributed by atoms with E-state index in [0.29, 0.717) is 6.54 Å². The lowest BCUT2D eigenvalue weighted by atomic mass is 10.1. The van der Waals surface area contributed by atoms with Crippen molar-refractivity contribution in [2.45, 2.75) is 38.1 Å². The Labute approximate surface area is 153 Å². The second kappa shape index (κ2) is 7.32. The highest BCUT2D eigenvalue weighted by molar-refractivity contribution is 6.00. The van der Waals surface area contributed by atoms with Gasteiger partial charge in [-0.1, -0.05) is 18.2 Å². The molecule has 6 heteroatoms. The first-order valence-corrected chi connectivity index (χ1v) is 9.38. The van der Waals surface area contributed by atoms with Crippen LogP contribution in [0, 0.1) is 0 Å². The molecule has 1 fully saturated rings. The van der Waals surface area contributed by atoms with Crippen LogP contribution in [0.25, 0.3) is 0 Å². The van der Waals surface area contributed by atoms with Gasteiger partial charge in [0.15, 0.2) is 0 Å². The van der Waals surface area contributed by atoms with Crippen LogP contribution in [0.3, 0.4) is 0 Å². The van der Waals surface area contributed by atoms with Gasteiger partial charge in [0, 0.05) is 37.7 Å². The standard InChI is InChI=1S/C20H24N4O2/c25-19(22-10-4-1-5-11-22)14-18(23-13-9-21-15-23)20(26)24-12-8-16-6-2-3-7-17(16)24/h2-3,6-7,9,13,15,18H,1,4-5,8,10-12,14H2. The first-order valence-electron chi connectivity index (χ1n) is 9.38. The zero-order valence-corrected chi connectivity index (χ0v) is 14.9. The van der Waals surface area contributed by atoms with E-state index in [1.807, 2.05) is 28.0 Å². The second-order valence-electron chi connectivity index (χ2n) is 7.04. The van der Waals surface area contributed by atoms with E-state index < -0.39 is 6.04 Å². The predicted octanol–water partition coefficient (Wildman–Crippen LogP) is 2.42. The molecule has 0 N–H and O–H groups in total. The Bertz CT molecular complexity index is 781. The fraction of sp³-hybridized carbons (Fsp3) is 0.450. The van der Waals surface area contributed by atoms with Crippen molar-refractivity contribution in [3.05, 3.63) is 48.5 Å². The average molecular weight is 352 g/mol. The maximum atomic E-state index is 13.3. The lowest BCUT2D eigenvalue weighted by molar-refractivity contribution is -0.135. The number of carbonyl (C=O) groups is 2. The lowest BCUT2D eigenvalue weighted by Gasteiger charge is -2.30. The zero-order valence-electron chi connectivity index (χ0n) is 14.9. The molecule has 2 aliphatic heterocycles. The highest BCUT2D eigenvalue weighted by Gasteiger charge is 2.33. The van der Waals surface area contributed by atoms with Gasteiger partial charge >= 0.3 is 0 Å². The number of aromatic nitrogens is 2. The number of hydrogen-bond acceptors (Lipinski definition) is 3. The second-order valence-corrected chi connectivity index (χ2v) is 7.04. The van der Waals surface area contributed by atoms with Crippen LogP contribution in [-0.4, -0.2) is 45.9 Å². The van der Waals surface area contributed by atoms with E-state index >= 15 is 0 Å². The molecule has 136 valence electrons. The van der Waals surface area contributed by atoms with Gasteiger partial charge in [-0.25, -0.2) is 4.98 Å². The Kier molecular flexibility index (Phi) is 4.73. The number of hydrogen-bond donors (Lipinski definition) is 0. The summed E-state index contributed by atoms with van der Waals surface area (Å²) in [6, 6.07) is 7.46. The van der Waals surface area contributed by atoms with Gasteiger partial charge < -0.3 is 14.4 Å². The van der Waals surface area contributed by atoms with E-state index in [1.54, 1.807) is 23.3 Å². The number of likely N-dealkylation sites (tertiary alicyclic amines) is 1. The number of piperidine rings is 1. The molecule has 3 heterocycles. The fourth-order valence-electron chi connectivity index (χ4n) is 3.96. The van der Waals surface area contributed by atoms with E-state index in [4.69, 9.17) is 0 Å². The van der Waals surface area contributed by atoms with E-state index in [2.05, 4.69) is 11.1 Å². The summed E-state index contributed by atoms with van der Waals surface area (Å²) in [6.45, 7) is 2.27. The summed E-state index contributed by atoms with van der Waals surface area (Å²) in [4.78, 5) is 33.9. The molecule has 6 nitrogen and oxygen atoms in total. The van der Waals surface area contributed by atoms with Gasteiger partial charge in [0.25, 0.3) is 5.91 Å². The van der Waals surface area contributed by atoms with Crippen LogP contribution < -0.4 is 4.90 Å². The first-order chi connectivity index (χ1) is 12.7. The molecule has 0 aliphatic carbocycles. The highest BCUT2D eigenvalue weighted by Crippen LogP contribution is 2.30. The fourth-order valence-corrected chi connectivity index (χ4v) is 3.96. The van der Waals surface area contributed by atoms with Gasteiger partial charge in [-0.15, -0.1) is 0 Å². The minimum Gasteiger partial charge on any atom is -0.343 e. The molecule has 0 saturated carbocycles. The van der Waals surface area contributed by atoms with Crippen molar-refractivity contribution in [1.82, 2.24) is 14.5 Å². The molecule has 1 atom stereocenters. The van der Waals surface area contributed by atoms with Crippen molar-refractivity contribution < 1.29 is 9.59 Å². The molecule has 1 aromatic heterocycles. The number of fused-ring (bicyclic) bond motifs is 1. The largest absolute Gasteiger partial charge is 0.343 e.